The highest BCUT2D eigenvalue weighted by molar-refractivity contribution is 8.77. The monoisotopic (exact) mass is 428 g/mol. The summed E-state index contributed by atoms with van der Waals surface area (Å²) in [6.07, 6.45) is 4.10. The summed E-state index contributed by atoms with van der Waals surface area (Å²) in [5.41, 5.74) is 0. The van der Waals surface area contributed by atoms with Crippen LogP contribution in [0.3, 0.4) is 0 Å². The Hall–Kier alpha value is 1.32. The molecule has 0 radical (unpaired) electrons. The standard InChI is InChI=1S/C10H23NS2.C9H21NS2/c1-10(2)6-5-8-12-13-9-7-11(3)4;1-9(2)5-7-11-12-8-6-10(3)4/h10H,5-9H2,1-4H3;9H,5-8H2,1-4H3. The second-order valence-corrected chi connectivity index (χ2v) is 13.0. The normalized spacial score (nSPS) is 11.5. The number of rotatable bonds is 15. The van der Waals surface area contributed by atoms with Crippen molar-refractivity contribution in [3.8, 4) is 0 Å². The highest BCUT2D eigenvalue weighted by atomic mass is 33.1. The van der Waals surface area contributed by atoms with Gasteiger partial charge in [-0.3, -0.25) is 0 Å². The Labute approximate surface area is 175 Å². The summed E-state index contributed by atoms with van der Waals surface area (Å²) < 4.78 is 0. The molecule has 0 saturated heterocycles. The fourth-order valence-corrected chi connectivity index (χ4v) is 6.22. The molecule has 0 heterocycles. The summed E-state index contributed by atoms with van der Waals surface area (Å²) in [6, 6.07) is 0. The van der Waals surface area contributed by atoms with Gasteiger partial charge in [0.15, 0.2) is 0 Å². The highest BCUT2D eigenvalue weighted by Crippen LogP contribution is 2.23. The minimum Gasteiger partial charge on any atom is -0.309 e. The molecule has 0 aromatic heterocycles. The number of hydrogen-bond donors (Lipinski definition) is 0. The van der Waals surface area contributed by atoms with E-state index < -0.39 is 0 Å². The molecule has 0 saturated carbocycles. The van der Waals surface area contributed by atoms with Crippen LogP contribution in [0.25, 0.3) is 0 Å². The Morgan fingerprint density at radius 1 is 0.560 bits per heavy atom. The van der Waals surface area contributed by atoms with Crippen molar-refractivity contribution < 1.29 is 0 Å². The molecule has 0 aliphatic rings. The van der Waals surface area contributed by atoms with Gasteiger partial charge in [-0.25, -0.2) is 0 Å². The summed E-state index contributed by atoms with van der Waals surface area (Å²) >= 11 is 0. The second-order valence-electron chi connectivity index (χ2n) is 7.61. The van der Waals surface area contributed by atoms with E-state index in [1.165, 1.54) is 55.4 Å². The summed E-state index contributed by atoms with van der Waals surface area (Å²) in [6.45, 7) is 11.5. The largest absolute Gasteiger partial charge is 0.309 e. The van der Waals surface area contributed by atoms with Crippen LogP contribution in [-0.4, -0.2) is 74.1 Å². The SMILES string of the molecule is CC(C)CCCSSCCN(C)C.CC(C)CCSSCCN(C)C. The predicted octanol–water partition coefficient (Wildman–Crippen LogP) is 6.34. The Balaban J connectivity index is 0. The topological polar surface area (TPSA) is 6.48 Å². The van der Waals surface area contributed by atoms with Gasteiger partial charge in [-0.05, 0) is 52.9 Å². The minimum absolute atomic E-state index is 0.854. The zero-order valence-electron chi connectivity index (χ0n) is 18.0. The molecule has 0 atom stereocenters. The third kappa shape index (κ3) is 33.3. The molecule has 0 aliphatic heterocycles. The molecule has 25 heavy (non-hydrogen) atoms. The van der Waals surface area contributed by atoms with E-state index in [1.54, 1.807) is 0 Å². The fraction of sp³-hybridized carbons (Fsp3) is 1.00. The van der Waals surface area contributed by atoms with E-state index in [4.69, 9.17) is 0 Å². The van der Waals surface area contributed by atoms with E-state index in [0.717, 1.165) is 11.8 Å². The average molecular weight is 429 g/mol. The summed E-state index contributed by atoms with van der Waals surface area (Å²) in [4.78, 5) is 4.47. The summed E-state index contributed by atoms with van der Waals surface area (Å²) in [5.74, 6) is 6.83. The zero-order chi connectivity index (χ0) is 19.5. The van der Waals surface area contributed by atoms with Crippen LogP contribution in [0.1, 0.15) is 47.0 Å². The molecular weight excluding hydrogens is 384 g/mol. The first kappa shape index (κ1) is 28.5. The molecular formula is C19H44N2S4. The minimum atomic E-state index is 0.854. The Morgan fingerprint density at radius 2 is 0.960 bits per heavy atom. The first-order valence-electron chi connectivity index (χ1n) is 9.54. The molecule has 0 N–H and O–H groups in total. The Kier molecular flexibility index (Phi) is 24.7. The lowest BCUT2D eigenvalue weighted by Gasteiger charge is -2.08. The number of nitrogens with zero attached hydrogens (tertiary/aromatic N) is 2. The molecule has 0 aromatic carbocycles. The van der Waals surface area contributed by atoms with Gasteiger partial charge >= 0.3 is 0 Å². The smallest absolute Gasteiger partial charge is 0.0165 e. The van der Waals surface area contributed by atoms with Crippen LogP contribution in [0.4, 0.5) is 0 Å². The van der Waals surface area contributed by atoms with Crippen LogP contribution in [0.5, 0.6) is 0 Å². The van der Waals surface area contributed by atoms with Crippen LogP contribution < -0.4 is 0 Å². The van der Waals surface area contributed by atoms with Gasteiger partial charge in [0.2, 0.25) is 0 Å². The summed E-state index contributed by atoms with van der Waals surface area (Å²) in [5, 5.41) is 0. The van der Waals surface area contributed by atoms with E-state index in [9.17, 15) is 0 Å². The van der Waals surface area contributed by atoms with Gasteiger partial charge in [0, 0.05) is 36.1 Å². The maximum atomic E-state index is 2.30. The van der Waals surface area contributed by atoms with Gasteiger partial charge in [0.1, 0.15) is 0 Å². The quantitative estimate of drug-likeness (QED) is 0.220. The second kappa shape index (κ2) is 21.6. The molecule has 6 heteroatoms. The van der Waals surface area contributed by atoms with Crippen LogP contribution in [0.15, 0.2) is 0 Å². The molecule has 0 unspecified atom stereocenters. The Morgan fingerprint density at radius 3 is 1.36 bits per heavy atom. The molecule has 0 amide bonds. The van der Waals surface area contributed by atoms with Crippen molar-refractivity contribution in [1.29, 1.82) is 0 Å². The molecule has 0 spiro atoms. The Bertz CT molecular complexity index is 226. The summed E-state index contributed by atoms with van der Waals surface area (Å²) in [7, 11) is 16.6. The third-order valence-electron chi connectivity index (χ3n) is 3.20. The molecule has 2 nitrogen and oxygen atoms in total. The van der Waals surface area contributed by atoms with Crippen LogP contribution in [0, 0.1) is 11.8 Å². The van der Waals surface area contributed by atoms with Crippen LogP contribution >= 0.6 is 43.2 Å². The van der Waals surface area contributed by atoms with E-state index in [1.807, 2.05) is 43.2 Å². The lowest BCUT2D eigenvalue weighted by molar-refractivity contribution is 0.438. The van der Waals surface area contributed by atoms with Gasteiger partial charge in [-0.2, -0.15) is 0 Å². The van der Waals surface area contributed by atoms with E-state index in [-0.39, 0.29) is 0 Å². The van der Waals surface area contributed by atoms with Crippen molar-refractivity contribution in [3.63, 3.8) is 0 Å². The molecule has 0 rings (SSSR count). The van der Waals surface area contributed by atoms with E-state index >= 15 is 0 Å². The lowest BCUT2D eigenvalue weighted by Crippen LogP contribution is -2.14. The lowest BCUT2D eigenvalue weighted by atomic mass is 10.1. The number of hydrogen-bond acceptors (Lipinski definition) is 6. The molecule has 0 fully saturated rings. The van der Waals surface area contributed by atoms with Crippen molar-refractivity contribution in [2.75, 3.05) is 64.3 Å². The van der Waals surface area contributed by atoms with Gasteiger partial charge in [-0.15, -0.1) is 0 Å². The van der Waals surface area contributed by atoms with Gasteiger partial charge in [-0.1, -0.05) is 77.3 Å². The predicted molar refractivity (Wildman–Crippen MR) is 130 cm³/mol. The van der Waals surface area contributed by atoms with Crippen molar-refractivity contribution in [3.05, 3.63) is 0 Å². The maximum absolute atomic E-state index is 2.30. The molecule has 0 aromatic rings. The molecule has 0 aliphatic carbocycles. The van der Waals surface area contributed by atoms with Crippen LogP contribution in [0.2, 0.25) is 0 Å². The first-order chi connectivity index (χ1) is 11.8. The molecule has 154 valence electrons. The average Bonchev–Trinajstić information content (AvgIpc) is 2.49. The van der Waals surface area contributed by atoms with Crippen molar-refractivity contribution in [1.82, 2.24) is 9.80 Å². The highest BCUT2D eigenvalue weighted by Gasteiger charge is 1.96. The van der Waals surface area contributed by atoms with Crippen molar-refractivity contribution in [2.24, 2.45) is 11.8 Å². The fourth-order valence-electron chi connectivity index (χ4n) is 1.51. The zero-order valence-corrected chi connectivity index (χ0v) is 21.3. The van der Waals surface area contributed by atoms with Crippen LogP contribution in [-0.2, 0) is 0 Å². The van der Waals surface area contributed by atoms with E-state index in [0.29, 0.717) is 0 Å². The van der Waals surface area contributed by atoms with Gasteiger partial charge in [0.05, 0.1) is 0 Å². The van der Waals surface area contributed by atoms with Crippen molar-refractivity contribution in [2.45, 2.75) is 47.0 Å². The third-order valence-corrected chi connectivity index (χ3v) is 8.09. The first-order valence-corrected chi connectivity index (χ1v) is 14.5. The molecule has 0 bridgehead atoms. The van der Waals surface area contributed by atoms with Gasteiger partial charge in [0.25, 0.3) is 0 Å². The maximum Gasteiger partial charge on any atom is 0.0165 e. The van der Waals surface area contributed by atoms with E-state index in [2.05, 4.69) is 65.7 Å². The van der Waals surface area contributed by atoms with Gasteiger partial charge < -0.3 is 9.80 Å². The van der Waals surface area contributed by atoms with Crippen molar-refractivity contribution >= 4 is 43.2 Å².